The number of pyridine rings is 1. The van der Waals surface area contributed by atoms with E-state index in [1.807, 2.05) is 32.2 Å². The average molecular weight is 282 g/mol. The smallest absolute Gasteiger partial charge is 0.157 e. The van der Waals surface area contributed by atoms with Crippen LogP contribution in [0.5, 0.6) is 0 Å². The zero-order chi connectivity index (χ0) is 14.7. The molecule has 3 aromatic heterocycles. The fourth-order valence-corrected chi connectivity index (χ4v) is 2.33. The van der Waals surface area contributed by atoms with E-state index in [0.717, 1.165) is 35.9 Å². The highest BCUT2D eigenvalue weighted by atomic mass is 15.3. The molecule has 0 aliphatic heterocycles. The van der Waals surface area contributed by atoms with Gasteiger partial charge in [-0.2, -0.15) is 10.2 Å². The maximum absolute atomic E-state index is 4.41. The molecule has 0 radical (unpaired) electrons. The third kappa shape index (κ3) is 2.85. The van der Waals surface area contributed by atoms with E-state index in [4.69, 9.17) is 0 Å². The van der Waals surface area contributed by atoms with Crippen molar-refractivity contribution in [3.63, 3.8) is 0 Å². The highest BCUT2D eigenvalue weighted by Gasteiger charge is 2.08. The molecule has 0 aliphatic rings. The van der Waals surface area contributed by atoms with Crippen molar-refractivity contribution in [3.8, 4) is 5.82 Å². The van der Waals surface area contributed by atoms with E-state index in [-0.39, 0.29) is 0 Å². The molecule has 3 aromatic rings. The molecule has 0 amide bonds. The molecule has 3 rings (SSSR count). The quantitative estimate of drug-likeness (QED) is 0.749. The van der Waals surface area contributed by atoms with E-state index in [0.29, 0.717) is 0 Å². The molecule has 0 aliphatic carbocycles. The first-order valence-electron chi connectivity index (χ1n) is 6.91. The van der Waals surface area contributed by atoms with E-state index >= 15 is 0 Å². The van der Waals surface area contributed by atoms with Gasteiger partial charge in [0.25, 0.3) is 0 Å². The molecule has 3 heterocycles. The molecule has 0 aromatic carbocycles. The Morgan fingerprint density at radius 1 is 1.19 bits per heavy atom. The molecule has 0 bridgehead atoms. The summed E-state index contributed by atoms with van der Waals surface area (Å²) < 4.78 is 1.78. The van der Waals surface area contributed by atoms with Crippen LogP contribution in [0.25, 0.3) is 5.82 Å². The van der Waals surface area contributed by atoms with Crippen LogP contribution in [0.2, 0.25) is 0 Å². The van der Waals surface area contributed by atoms with Crippen LogP contribution in [-0.2, 0) is 13.1 Å². The van der Waals surface area contributed by atoms with E-state index in [1.54, 1.807) is 17.1 Å². The van der Waals surface area contributed by atoms with Crippen LogP contribution in [0.4, 0.5) is 0 Å². The molecule has 0 fully saturated rings. The van der Waals surface area contributed by atoms with Gasteiger partial charge in [0.15, 0.2) is 5.82 Å². The number of aromatic nitrogens is 5. The van der Waals surface area contributed by atoms with Gasteiger partial charge in [-0.25, -0.2) is 9.67 Å². The lowest BCUT2D eigenvalue weighted by Crippen LogP contribution is -2.16. The van der Waals surface area contributed by atoms with Crippen LogP contribution in [-0.4, -0.2) is 25.0 Å². The van der Waals surface area contributed by atoms with Crippen LogP contribution < -0.4 is 5.32 Å². The second-order valence-corrected chi connectivity index (χ2v) is 4.95. The summed E-state index contributed by atoms with van der Waals surface area (Å²) in [6, 6.07) is 5.90. The van der Waals surface area contributed by atoms with Crippen molar-refractivity contribution < 1.29 is 0 Å². The number of aryl methyl sites for hydroxylation is 2. The van der Waals surface area contributed by atoms with Gasteiger partial charge in [-0.05, 0) is 26.0 Å². The number of nitrogens with zero attached hydrogens (tertiary/aromatic N) is 4. The Hall–Kier alpha value is -2.47. The van der Waals surface area contributed by atoms with Gasteiger partial charge in [0.05, 0.1) is 5.69 Å². The molecular formula is C15H18N6. The van der Waals surface area contributed by atoms with Crippen molar-refractivity contribution >= 4 is 0 Å². The summed E-state index contributed by atoms with van der Waals surface area (Å²) in [6.45, 7) is 5.56. The zero-order valence-electron chi connectivity index (χ0n) is 12.2. The van der Waals surface area contributed by atoms with Gasteiger partial charge in [0, 0.05) is 48.5 Å². The largest absolute Gasteiger partial charge is 0.308 e. The van der Waals surface area contributed by atoms with Gasteiger partial charge in [0.2, 0.25) is 0 Å². The first-order valence-corrected chi connectivity index (χ1v) is 6.91. The van der Waals surface area contributed by atoms with Gasteiger partial charge >= 0.3 is 0 Å². The molecule has 6 heteroatoms. The van der Waals surface area contributed by atoms with Crippen molar-refractivity contribution in [1.82, 2.24) is 30.3 Å². The van der Waals surface area contributed by atoms with Crippen LogP contribution >= 0.6 is 0 Å². The first-order chi connectivity index (χ1) is 10.3. The minimum absolute atomic E-state index is 0.729. The Bertz CT molecular complexity index is 694. The molecule has 0 saturated carbocycles. The van der Waals surface area contributed by atoms with Crippen molar-refractivity contribution in [1.29, 1.82) is 0 Å². The summed E-state index contributed by atoms with van der Waals surface area (Å²) in [5, 5.41) is 14.9. The van der Waals surface area contributed by atoms with Crippen LogP contribution in [0.1, 0.15) is 22.5 Å². The van der Waals surface area contributed by atoms with E-state index in [9.17, 15) is 0 Å². The Balaban J connectivity index is 1.72. The second-order valence-electron chi connectivity index (χ2n) is 4.95. The third-order valence-electron chi connectivity index (χ3n) is 3.49. The molecule has 6 nitrogen and oxygen atoms in total. The summed E-state index contributed by atoms with van der Waals surface area (Å²) in [7, 11) is 0. The normalized spacial score (nSPS) is 11.0. The lowest BCUT2D eigenvalue weighted by molar-refractivity contribution is 0.677. The monoisotopic (exact) mass is 282 g/mol. The van der Waals surface area contributed by atoms with Gasteiger partial charge in [-0.15, -0.1) is 0 Å². The SMILES string of the molecule is Cc1n[nH]c(C)c1CNCc1cccnc1-n1cccn1. The molecule has 2 N–H and O–H groups in total. The minimum atomic E-state index is 0.729. The van der Waals surface area contributed by atoms with Gasteiger partial charge in [-0.1, -0.05) is 6.07 Å². The molecule has 0 unspecified atom stereocenters. The Morgan fingerprint density at radius 3 is 2.81 bits per heavy atom. The molecule has 0 saturated heterocycles. The number of rotatable bonds is 5. The summed E-state index contributed by atoms with van der Waals surface area (Å²) in [5.41, 5.74) is 4.48. The molecule has 108 valence electrons. The molecular weight excluding hydrogens is 264 g/mol. The molecule has 0 atom stereocenters. The topological polar surface area (TPSA) is 71.4 Å². The number of nitrogens with one attached hydrogen (secondary N) is 2. The summed E-state index contributed by atoms with van der Waals surface area (Å²) in [5.74, 6) is 0.857. The summed E-state index contributed by atoms with van der Waals surface area (Å²) >= 11 is 0. The predicted molar refractivity (Wildman–Crippen MR) is 80.0 cm³/mol. The van der Waals surface area contributed by atoms with Crippen LogP contribution in [0, 0.1) is 13.8 Å². The number of hydrogen-bond donors (Lipinski definition) is 2. The zero-order valence-corrected chi connectivity index (χ0v) is 12.2. The maximum Gasteiger partial charge on any atom is 0.157 e. The van der Waals surface area contributed by atoms with Crippen molar-refractivity contribution in [2.24, 2.45) is 0 Å². The van der Waals surface area contributed by atoms with Crippen LogP contribution in [0.15, 0.2) is 36.8 Å². The summed E-state index contributed by atoms with van der Waals surface area (Å²) in [4.78, 5) is 4.41. The highest BCUT2D eigenvalue weighted by Crippen LogP contribution is 2.12. The summed E-state index contributed by atoms with van der Waals surface area (Å²) in [6.07, 6.45) is 5.44. The molecule has 0 spiro atoms. The lowest BCUT2D eigenvalue weighted by Gasteiger charge is -2.09. The highest BCUT2D eigenvalue weighted by molar-refractivity contribution is 5.32. The number of hydrogen-bond acceptors (Lipinski definition) is 4. The van der Waals surface area contributed by atoms with E-state index in [1.165, 1.54) is 5.56 Å². The van der Waals surface area contributed by atoms with Gasteiger partial charge < -0.3 is 5.32 Å². The molecule has 21 heavy (non-hydrogen) atoms. The van der Waals surface area contributed by atoms with Crippen molar-refractivity contribution in [3.05, 3.63) is 59.3 Å². The maximum atomic E-state index is 4.41. The lowest BCUT2D eigenvalue weighted by atomic mass is 10.2. The fraction of sp³-hybridized carbons (Fsp3) is 0.267. The predicted octanol–water partition coefficient (Wildman–Crippen LogP) is 1.90. The second kappa shape index (κ2) is 5.88. The van der Waals surface area contributed by atoms with Crippen LogP contribution in [0.3, 0.4) is 0 Å². The average Bonchev–Trinajstić information content (AvgIpc) is 3.13. The van der Waals surface area contributed by atoms with Crippen molar-refractivity contribution in [2.45, 2.75) is 26.9 Å². The Labute approximate surface area is 123 Å². The minimum Gasteiger partial charge on any atom is -0.308 e. The van der Waals surface area contributed by atoms with E-state index < -0.39 is 0 Å². The Kier molecular flexibility index (Phi) is 3.79. The van der Waals surface area contributed by atoms with E-state index in [2.05, 4.69) is 31.7 Å². The number of aromatic amines is 1. The Morgan fingerprint density at radius 2 is 2.10 bits per heavy atom. The van der Waals surface area contributed by atoms with Gasteiger partial charge in [0.1, 0.15) is 0 Å². The first kappa shape index (κ1) is 13.5. The van der Waals surface area contributed by atoms with Crippen molar-refractivity contribution in [2.75, 3.05) is 0 Å². The standard InChI is InChI=1S/C15H18N6/c1-11-14(12(2)20-19-11)10-16-9-13-5-3-6-17-15(13)21-8-4-7-18-21/h3-8,16H,9-10H2,1-2H3,(H,19,20). The fourth-order valence-electron chi connectivity index (χ4n) is 2.33. The number of H-pyrrole nitrogens is 1. The van der Waals surface area contributed by atoms with Gasteiger partial charge in [-0.3, -0.25) is 5.10 Å². The third-order valence-corrected chi connectivity index (χ3v) is 3.49.